The second kappa shape index (κ2) is 11.3. The molecule has 2 rings (SSSR count). The first-order valence-corrected chi connectivity index (χ1v) is 10.0. The number of halogens is 3. The summed E-state index contributed by atoms with van der Waals surface area (Å²) < 4.78 is 44.4. The van der Waals surface area contributed by atoms with Crippen molar-refractivity contribution in [2.45, 2.75) is 45.1 Å². The number of alkyl halides is 3. The SMILES string of the molecule is CC(C)[C@H](NC(=O)OCc1ccccc1)C(=O)N[C@@H](Cc1ccccc1)C(=O)C(F)(F)F. The number of Topliss-reactive ketones (excluding diaryl/α,β-unsaturated/α-hetero) is 1. The number of rotatable bonds is 9. The fourth-order valence-electron chi connectivity index (χ4n) is 2.94. The lowest BCUT2D eigenvalue weighted by Crippen LogP contribution is -2.56. The monoisotopic (exact) mass is 450 g/mol. The van der Waals surface area contributed by atoms with Crippen LogP contribution in [0.2, 0.25) is 0 Å². The molecule has 0 fully saturated rings. The Bertz CT molecular complexity index is 902. The van der Waals surface area contributed by atoms with E-state index in [9.17, 15) is 27.6 Å². The van der Waals surface area contributed by atoms with Gasteiger partial charge in [-0.2, -0.15) is 13.2 Å². The first-order valence-electron chi connectivity index (χ1n) is 10.0. The van der Waals surface area contributed by atoms with Crippen molar-refractivity contribution < 1.29 is 32.3 Å². The number of carbonyl (C=O) groups excluding carboxylic acids is 3. The number of benzene rings is 2. The fraction of sp³-hybridized carbons (Fsp3) is 0.348. The minimum absolute atomic E-state index is 0.0394. The summed E-state index contributed by atoms with van der Waals surface area (Å²) in [5.41, 5.74) is 1.18. The zero-order valence-corrected chi connectivity index (χ0v) is 17.7. The van der Waals surface area contributed by atoms with Gasteiger partial charge in [0.25, 0.3) is 5.78 Å². The number of nitrogens with one attached hydrogen (secondary N) is 2. The Kier molecular flexibility index (Phi) is 8.80. The number of amides is 2. The molecule has 2 amide bonds. The standard InChI is InChI=1S/C23H25F3N2O4/c1-15(2)19(28-22(31)32-14-17-11-7-4-8-12-17)21(30)27-18(20(29)23(24,25)26)13-16-9-5-3-6-10-16/h3-12,15,18-19H,13-14H2,1-2H3,(H,27,30)(H,28,31)/t18-,19-/m0/s1. The van der Waals surface area contributed by atoms with Crippen LogP contribution in [0.1, 0.15) is 25.0 Å². The Labute approximate surface area is 184 Å². The zero-order chi connectivity index (χ0) is 23.7. The maximum atomic E-state index is 13.1. The van der Waals surface area contributed by atoms with Crippen molar-refractivity contribution in [3.05, 3.63) is 71.8 Å². The van der Waals surface area contributed by atoms with Crippen molar-refractivity contribution in [2.24, 2.45) is 5.92 Å². The summed E-state index contributed by atoms with van der Waals surface area (Å²) in [7, 11) is 0. The summed E-state index contributed by atoms with van der Waals surface area (Å²) in [6, 6.07) is 13.8. The quantitative estimate of drug-likeness (QED) is 0.609. The first kappa shape index (κ1) is 24.9. The van der Waals surface area contributed by atoms with E-state index in [0.29, 0.717) is 5.56 Å². The van der Waals surface area contributed by atoms with Crippen LogP contribution in [0.4, 0.5) is 18.0 Å². The Morgan fingerprint density at radius 3 is 1.91 bits per heavy atom. The molecule has 0 saturated heterocycles. The van der Waals surface area contributed by atoms with Gasteiger partial charge in [0.05, 0.1) is 0 Å². The van der Waals surface area contributed by atoms with Crippen LogP contribution in [0, 0.1) is 5.92 Å². The normalized spacial score (nSPS) is 13.2. The minimum Gasteiger partial charge on any atom is -0.445 e. The second-order valence-electron chi connectivity index (χ2n) is 7.54. The van der Waals surface area contributed by atoms with Crippen LogP contribution in [0.15, 0.2) is 60.7 Å². The van der Waals surface area contributed by atoms with Crippen molar-refractivity contribution in [1.82, 2.24) is 10.6 Å². The van der Waals surface area contributed by atoms with E-state index in [1.165, 1.54) is 0 Å². The Morgan fingerprint density at radius 1 is 0.875 bits per heavy atom. The third-order valence-electron chi connectivity index (χ3n) is 4.63. The van der Waals surface area contributed by atoms with Crippen LogP contribution < -0.4 is 10.6 Å². The molecule has 0 radical (unpaired) electrons. The van der Waals surface area contributed by atoms with Crippen molar-refractivity contribution in [1.29, 1.82) is 0 Å². The number of ketones is 1. The van der Waals surface area contributed by atoms with Gasteiger partial charge in [0, 0.05) is 6.42 Å². The molecule has 0 aliphatic carbocycles. The summed E-state index contributed by atoms with van der Waals surface area (Å²) in [6.07, 6.45) is -6.36. The summed E-state index contributed by atoms with van der Waals surface area (Å²) in [4.78, 5) is 36.8. The minimum atomic E-state index is -5.12. The second-order valence-corrected chi connectivity index (χ2v) is 7.54. The Balaban J connectivity index is 2.07. The lowest BCUT2D eigenvalue weighted by atomic mass is 9.99. The van der Waals surface area contributed by atoms with Crippen molar-refractivity contribution >= 4 is 17.8 Å². The molecule has 0 unspecified atom stereocenters. The predicted molar refractivity (Wildman–Crippen MR) is 112 cm³/mol. The van der Waals surface area contributed by atoms with E-state index >= 15 is 0 Å². The lowest BCUT2D eigenvalue weighted by molar-refractivity contribution is -0.173. The van der Waals surface area contributed by atoms with Gasteiger partial charge in [-0.1, -0.05) is 74.5 Å². The average molecular weight is 450 g/mol. The van der Waals surface area contributed by atoms with Crippen LogP contribution in [-0.2, 0) is 27.4 Å². The van der Waals surface area contributed by atoms with Crippen LogP contribution >= 0.6 is 0 Å². The van der Waals surface area contributed by atoms with E-state index in [0.717, 1.165) is 5.56 Å². The summed E-state index contributed by atoms with van der Waals surface area (Å²) >= 11 is 0. The van der Waals surface area contributed by atoms with Gasteiger partial charge in [-0.05, 0) is 17.0 Å². The number of alkyl carbamates (subject to hydrolysis) is 1. The highest BCUT2D eigenvalue weighted by Gasteiger charge is 2.44. The fourth-order valence-corrected chi connectivity index (χ4v) is 2.94. The van der Waals surface area contributed by atoms with Crippen LogP contribution in [-0.4, -0.2) is 36.0 Å². The number of hydrogen-bond donors (Lipinski definition) is 2. The van der Waals surface area contributed by atoms with Gasteiger partial charge in [-0.25, -0.2) is 4.79 Å². The summed E-state index contributed by atoms with van der Waals surface area (Å²) in [5.74, 6) is -3.45. The third kappa shape index (κ3) is 7.72. The zero-order valence-electron chi connectivity index (χ0n) is 17.7. The number of ether oxygens (including phenoxy) is 1. The molecule has 6 nitrogen and oxygen atoms in total. The highest BCUT2D eigenvalue weighted by molar-refractivity contribution is 5.95. The average Bonchev–Trinajstić information content (AvgIpc) is 2.75. The molecule has 0 aliphatic rings. The smallest absolute Gasteiger partial charge is 0.445 e. The van der Waals surface area contributed by atoms with Gasteiger partial charge in [-0.15, -0.1) is 0 Å². The molecule has 2 atom stereocenters. The largest absolute Gasteiger partial charge is 0.452 e. The molecular weight excluding hydrogens is 425 g/mol. The lowest BCUT2D eigenvalue weighted by Gasteiger charge is -2.25. The molecule has 0 aromatic heterocycles. The maximum absolute atomic E-state index is 13.1. The maximum Gasteiger partial charge on any atom is 0.452 e. The van der Waals surface area contributed by atoms with Crippen molar-refractivity contribution in [3.8, 4) is 0 Å². The Hall–Kier alpha value is -3.36. The van der Waals surface area contributed by atoms with Gasteiger partial charge in [0.2, 0.25) is 5.91 Å². The van der Waals surface area contributed by atoms with Crippen molar-refractivity contribution in [2.75, 3.05) is 0 Å². The van der Waals surface area contributed by atoms with Crippen LogP contribution in [0.25, 0.3) is 0 Å². The Morgan fingerprint density at radius 2 is 1.41 bits per heavy atom. The van der Waals surface area contributed by atoms with Gasteiger partial charge in [-0.3, -0.25) is 9.59 Å². The molecule has 2 N–H and O–H groups in total. The summed E-state index contributed by atoms with van der Waals surface area (Å²) in [5, 5.41) is 4.52. The molecule has 0 saturated carbocycles. The van der Waals surface area contributed by atoms with Crippen molar-refractivity contribution in [3.63, 3.8) is 0 Å². The van der Waals surface area contributed by atoms with E-state index in [1.807, 2.05) is 0 Å². The van der Waals surface area contributed by atoms with Gasteiger partial charge >= 0.3 is 12.3 Å². The molecule has 172 valence electrons. The molecule has 32 heavy (non-hydrogen) atoms. The van der Waals surface area contributed by atoms with Crippen LogP contribution in [0.3, 0.4) is 0 Å². The molecule has 2 aromatic rings. The number of hydrogen-bond acceptors (Lipinski definition) is 4. The predicted octanol–water partition coefficient (Wildman–Crippen LogP) is 3.80. The van der Waals surface area contributed by atoms with E-state index < -0.39 is 42.0 Å². The van der Waals surface area contributed by atoms with Crippen LogP contribution in [0.5, 0.6) is 0 Å². The third-order valence-corrected chi connectivity index (χ3v) is 4.63. The molecule has 9 heteroatoms. The highest BCUT2D eigenvalue weighted by atomic mass is 19.4. The van der Waals surface area contributed by atoms with E-state index in [-0.39, 0.29) is 13.0 Å². The molecule has 2 aromatic carbocycles. The molecule has 0 aliphatic heterocycles. The van der Waals surface area contributed by atoms with E-state index in [2.05, 4.69) is 10.6 Å². The van der Waals surface area contributed by atoms with Gasteiger partial charge in [0.15, 0.2) is 0 Å². The molecule has 0 bridgehead atoms. The summed E-state index contributed by atoms with van der Waals surface area (Å²) in [6.45, 7) is 3.18. The first-order chi connectivity index (χ1) is 15.1. The topological polar surface area (TPSA) is 84.5 Å². The molecule has 0 spiro atoms. The highest BCUT2D eigenvalue weighted by Crippen LogP contribution is 2.20. The number of carbonyl (C=O) groups is 3. The molecule has 0 heterocycles. The van der Waals surface area contributed by atoms with E-state index in [4.69, 9.17) is 4.74 Å². The van der Waals surface area contributed by atoms with Gasteiger partial charge in [0.1, 0.15) is 18.7 Å². The molecular formula is C23H25F3N2O4. The van der Waals surface area contributed by atoms with E-state index in [1.54, 1.807) is 74.5 Å². The van der Waals surface area contributed by atoms with Gasteiger partial charge < -0.3 is 15.4 Å².